The number of esters is 1. The van der Waals surface area contributed by atoms with Gasteiger partial charge in [-0.1, -0.05) is 0 Å². The van der Waals surface area contributed by atoms with Crippen LogP contribution in [0.3, 0.4) is 0 Å². The van der Waals surface area contributed by atoms with Gasteiger partial charge < -0.3 is 9.47 Å². The van der Waals surface area contributed by atoms with Crippen molar-refractivity contribution < 1.29 is 14.3 Å². The Morgan fingerprint density at radius 2 is 2.17 bits per heavy atom. The van der Waals surface area contributed by atoms with Crippen molar-refractivity contribution in [2.75, 3.05) is 14.2 Å². The average Bonchev–Trinajstić information content (AvgIpc) is 2.52. The van der Waals surface area contributed by atoms with Gasteiger partial charge in [-0.3, -0.25) is 4.79 Å². The van der Waals surface area contributed by atoms with Crippen molar-refractivity contribution in [1.82, 2.24) is 0 Å². The standard InChI is InChI=1S/C9H16O3/c1-11-8-4-3-7(5-8)6-9(10)12-2/h7-8H,3-6H2,1-2H3/t7-,8+/m1/s1. The zero-order chi connectivity index (χ0) is 8.97. The highest BCUT2D eigenvalue weighted by atomic mass is 16.5. The van der Waals surface area contributed by atoms with E-state index in [4.69, 9.17) is 4.74 Å². The number of ether oxygens (including phenoxy) is 2. The molecule has 0 aromatic heterocycles. The third-order valence-corrected chi connectivity index (χ3v) is 2.51. The fraction of sp³-hybridized carbons (Fsp3) is 0.889. The molecule has 70 valence electrons. The van der Waals surface area contributed by atoms with E-state index in [9.17, 15) is 4.79 Å². The van der Waals surface area contributed by atoms with Crippen LogP contribution in [0.1, 0.15) is 25.7 Å². The topological polar surface area (TPSA) is 35.5 Å². The van der Waals surface area contributed by atoms with Gasteiger partial charge in [0.15, 0.2) is 0 Å². The van der Waals surface area contributed by atoms with Crippen molar-refractivity contribution in [1.29, 1.82) is 0 Å². The molecule has 0 heterocycles. The van der Waals surface area contributed by atoms with Gasteiger partial charge in [0, 0.05) is 13.5 Å². The van der Waals surface area contributed by atoms with Crippen LogP contribution in [0.25, 0.3) is 0 Å². The van der Waals surface area contributed by atoms with Crippen LogP contribution in [0.15, 0.2) is 0 Å². The molecule has 3 heteroatoms. The molecular weight excluding hydrogens is 156 g/mol. The van der Waals surface area contributed by atoms with Crippen LogP contribution in [-0.2, 0) is 14.3 Å². The second-order valence-corrected chi connectivity index (χ2v) is 3.32. The Balaban J connectivity index is 2.23. The Bertz CT molecular complexity index is 156. The predicted molar refractivity (Wildman–Crippen MR) is 44.8 cm³/mol. The van der Waals surface area contributed by atoms with Crippen LogP contribution in [-0.4, -0.2) is 26.3 Å². The van der Waals surface area contributed by atoms with E-state index in [0.717, 1.165) is 19.3 Å². The maximum Gasteiger partial charge on any atom is 0.305 e. The van der Waals surface area contributed by atoms with E-state index >= 15 is 0 Å². The second-order valence-electron chi connectivity index (χ2n) is 3.32. The molecule has 1 fully saturated rings. The Morgan fingerprint density at radius 3 is 2.67 bits per heavy atom. The maximum absolute atomic E-state index is 10.9. The van der Waals surface area contributed by atoms with Gasteiger partial charge in [0.1, 0.15) is 0 Å². The molecule has 0 unspecified atom stereocenters. The van der Waals surface area contributed by atoms with Gasteiger partial charge in [-0.2, -0.15) is 0 Å². The van der Waals surface area contributed by atoms with Crippen LogP contribution >= 0.6 is 0 Å². The van der Waals surface area contributed by atoms with Gasteiger partial charge in [-0.05, 0) is 25.2 Å². The smallest absolute Gasteiger partial charge is 0.305 e. The fourth-order valence-electron chi connectivity index (χ4n) is 1.75. The lowest BCUT2D eigenvalue weighted by atomic mass is 10.0. The molecule has 3 nitrogen and oxygen atoms in total. The van der Waals surface area contributed by atoms with E-state index < -0.39 is 0 Å². The highest BCUT2D eigenvalue weighted by Crippen LogP contribution is 2.29. The van der Waals surface area contributed by atoms with Crippen LogP contribution < -0.4 is 0 Å². The number of methoxy groups -OCH3 is 2. The van der Waals surface area contributed by atoms with Gasteiger partial charge in [0.25, 0.3) is 0 Å². The molecule has 12 heavy (non-hydrogen) atoms. The monoisotopic (exact) mass is 172 g/mol. The van der Waals surface area contributed by atoms with E-state index in [-0.39, 0.29) is 5.97 Å². The second kappa shape index (κ2) is 4.45. The van der Waals surface area contributed by atoms with E-state index in [1.807, 2.05) is 0 Å². The zero-order valence-corrected chi connectivity index (χ0v) is 7.71. The summed E-state index contributed by atoms with van der Waals surface area (Å²) in [7, 11) is 3.16. The summed E-state index contributed by atoms with van der Waals surface area (Å²) in [4.78, 5) is 10.9. The summed E-state index contributed by atoms with van der Waals surface area (Å²) in [5.41, 5.74) is 0. The van der Waals surface area contributed by atoms with Crippen LogP contribution in [0.5, 0.6) is 0 Å². The molecule has 1 saturated carbocycles. The number of rotatable bonds is 3. The Labute approximate surface area is 73.0 Å². The molecule has 0 aromatic rings. The van der Waals surface area contributed by atoms with Crippen LogP contribution in [0, 0.1) is 5.92 Å². The first kappa shape index (κ1) is 9.52. The van der Waals surface area contributed by atoms with Crippen molar-refractivity contribution in [3.05, 3.63) is 0 Å². The first-order valence-corrected chi connectivity index (χ1v) is 4.36. The summed E-state index contributed by atoms with van der Waals surface area (Å²) in [6.45, 7) is 0. The normalized spacial score (nSPS) is 28.8. The van der Waals surface area contributed by atoms with Gasteiger partial charge in [-0.25, -0.2) is 0 Å². The van der Waals surface area contributed by atoms with E-state index in [0.29, 0.717) is 18.4 Å². The third kappa shape index (κ3) is 2.48. The Kier molecular flexibility index (Phi) is 3.53. The predicted octanol–water partition coefficient (Wildman–Crippen LogP) is 1.36. The van der Waals surface area contributed by atoms with Crippen LogP contribution in [0.4, 0.5) is 0 Å². The first-order chi connectivity index (χ1) is 5.76. The number of carbonyl (C=O) groups is 1. The lowest BCUT2D eigenvalue weighted by Gasteiger charge is -2.08. The Hall–Kier alpha value is -0.570. The summed E-state index contributed by atoms with van der Waals surface area (Å²) in [5.74, 6) is 0.374. The summed E-state index contributed by atoms with van der Waals surface area (Å²) in [6, 6.07) is 0. The summed E-state index contributed by atoms with van der Waals surface area (Å²) >= 11 is 0. The molecule has 1 aliphatic carbocycles. The van der Waals surface area contributed by atoms with E-state index in [1.54, 1.807) is 7.11 Å². The summed E-state index contributed by atoms with van der Waals surface area (Å²) in [5, 5.41) is 0. The van der Waals surface area contributed by atoms with Gasteiger partial charge in [0.05, 0.1) is 13.2 Å². The minimum absolute atomic E-state index is 0.100. The van der Waals surface area contributed by atoms with Crippen molar-refractivity contribution in [2.45, 2.75) is 31.8 Å². The van der Waals surface area contributed by atoms with Gasteiger partial charge in [0.2, 0.25) is 0 Å². The highest BCUT2D eigenvalue weighted by Gasteiger charge is 2.26. The van der Waals surface area contributed by atoms with Crippen LogP contribution in [0.2, 0.25) is 0 Å². The zero-order valence-electron chi connectivity index (χ0n) is 7.71. The average molecular weight is 172 g/mol. The molecule has 0 aliphatic heterocycles. The lowest BCUT2D eigenvalue weighted by Crippen LogP contribution is -2.09. The van der Waals surface area contributed by atoms with E-state index in [2.05, 4.69) is 4.74 Å². The van der Waals surface area contributed by atoms with Gasteiger partial charge in [-0.15, -0.1) is 0 Å². The largest absolute Gasteiger partial charge is 0.469 e. The molecule has 2 atom stereocenters. The SMILES string of the molecule is COC(=O)C[C@@H]1CC[C@H](OC)C1. The van der Waals surface area contributed by atoms with Crippen molar-refractivity contribution in [3.63, 3.8) is 0 Å². The molecule has 0 radical (unpaired) electrons. The molecule has 0 spiro atoms. The Morgan fingerprint density at radius 1 is 1.42 bits per heavy atom. The van der Waals surface area contributed by atoms with Crippen molar-refractivity contribution in [2.24, 2.45) is 5.92 Å². The minimum Gasteiger partial charge on any atom is -0.469 e. The highest BCUT2D eigenvalue weighted by molar-refractivity contribution is 5.69. The number of hydrogen-bond acceptors (Lipinski definition) is 3. The fourth-order valence-corrected chi connectivity index (χ4v) is 1.75. The van der Waals surface area contributed by atoms with Crippen molar-refractivity contribution in [3.8, 4) is 0 Å². The quantitative estimate of drug-likeness (QED) is 0.603. The minimum atomic E-state index is -0.100. The molecule has 0 saturated heterocycles. The number of carbonyl (C=O) groups excluding carboxylic acids is 1. The molecule has 1 aliphatic rings. The van der Waals surface area contributed by atoms with Crippen molar-refractivity contribution >= 4 is 5.97 Å². The third-order valence-electron chi connectivity index (χ3n) is 2.51. The maximum atomic E-state index is 10.9. The lowest BCUT2D eigenvalue weighted by molar-refractivity contribution is -0.141. The molecule has 0 N–H and O–H groups in total. The summed E-state index contributed by atoms with van der Waals surface area (Å²) in [6.07, 6.45) is 4.09. The van der Waals surface area contributed by atoms with E-state index in [1.165, 1.54) is 7.11 Å². The molecule has 0 bridgehead atoms. The molecule has 0 aromatic carbocycles. The summed E-state index contributed by atoms with van der Waals surface area (Å²) < 4.78 is 9.81. The molecule has 0 amide bonds. The molecule has 1 rings (SSSR count). The first-order valence-electron chi connectivity index (χ1n) is 4.36. The molecular formula is C9H16O3. The van der Waals surface area contributed by atoms with Gasteiger partial charge >= 0.3 is 5.97 Å². The number of hydrogen-bond donors (Lipinski definition) is 0.